The molecule has 18 nitrogen and oxygen atoms in total. The van der Waals surface area contributed by atoms with E-state index in [1.165, 1.54) is 0 Å². The molecule has 0 aromatic rings. The minimum atomic E-state index is -0.718. The van der Waals surface area contributed by atoms with Crippen LogP contribution in [0.5, 0.6) is 0 Å². The van der Waals surface area contributed by atoms with Gasteiger partial charge in [0.15, 0.2) is 0 Å². The van der Waals surface area contributed by atoms with Crippen molar-refractivity contribution >= 4 is 51.4 Å². The van der Waals surface area contributed by atoms with Crippen LogP contribution >= 0.6 is 0 Å². The molecule has 0 aliphatic heterocycles. The van der Waals surface area contributed by atoms with Crippen molar-refractivity contribution in [2.45, 2.75) is 467 Å². The molecule has 0 aliphatic rings. The number of hydrogen-bond donors (Lipinski definition) is 9. The van der Waals surface area contributed by atoms with E-state index in [2.05, 4.69) is 100 Å². The molecule has 0 aliphatic carbocycles. The molecule has 0 aromatic heterocycles. The van der Waals surface area contributed by atoms with Crippen molar-refractivity contribution in [2.75, 3.05) is 40.8 Å². The van der Waals surface area contributed by atoms with Gasteiger partial charge in [0.2, 0.25) is 0 Å². The van der Waals surface area contributed by atoms with Crippen molar-refractivity contribution in [3.8, 4) is 0 Å². The van der Waals surface area contributed by atoms with Crippen LogP contribution in [-0.2, 0) is 0 Å². The molecule has 0 spiro atoms. The fraction of sp³-hybridized carbons (Fsp3) is 0.899. The minimum absolute atomic E-state index is 0. The number of rotatable bonds is 38. The third-order valence-corrected chi connectivity index (χ3v) is 20.4. The molecule has 116 heavy (non-hydrogen) atoms. The number of nitrogens with zero attached hydrogens (tertiary/aromatic N) is 9. The molecule has 0 aromatic carbocycles. The first-order chi connectivity index (χ1) is 49.0. The zero-order chi connectivity index (χ0) is 86.8. The molecule has 0 fully saturated rings. The van der Waals surface area contributed by atoms with Crippen LogP contribution in [0.25, 0.3) is 0 Å². The molecular formula is C89H187N9O9Yb9. The molecule has 0 radical (unpaired) electrons. The Morgan fingerprint density at radius 1 is 0.233 bits per heavy atom. The Morgan fingerprint density at radius 3 is 0.655 bits per heavy atom. The van der Waals surface area contributed by atoms with Gasteiger partial charge < -0.3 is 46.0 Å². The van der Waals surface area contributed by atoms with Crippen LogP contribution in [0.2, 0.25) is 0 Å². The van der Waals surface area contributed by atoms with E-state index in [0.717, 1.165) is 199 Å². The summed E-state index contributed by atoms with van der Waals surface area (Å²) >= 11 is 0. The van der Waals surface area contributed by atoms with Gasteiger partial charge in [0, 0.05) is 533 Å². The van der Waals surface area contributed by atoms with E-state index in [1.54, 1.807) is 35.0 Å². The molecule has 0 saturated heterocycles. The summed E-state index contributed by atoms with van der Waals surface area (Å²) in [6.07, 6.45) is 17.4. The zero-order valence-electron chi connectivity index (χ0n) is 81.2. The molecule has 0 heterocycles. The molecule has 0 bridgehead atoms. The second-order valence-corrected chi connectivity index (χ2v) is 31.6. The van der Waals surface area contributed by atoms with Gasteiger partial charge in [-0.3, -0.25) is 44.9 Å². The molecule has 6 atom stereocenters. The van der Waals surface area contributed by atoms with Crippen molar-refractivity contribution in [2.24, 2.45) is 62.7 Å². The van der Waals surface area contributed by atoms with E-state index >= 15 is 0 Å². The second kappa shape index (κ2) is 97.0. The van der Waals surface area contributed by atoms with Gasteiger partial charge >= 0.3 is 0 Å². The van der Waals surface area contributed by atoms with E-state index in [0.29, 0.717) is 0 Å². The molecule has 9 N–H and O–H groups in total. The van der Waals surface area contributed by atoms with Gasteiger partial charge in [-0.05, 0) is 240 Å². The molecule has 0 amide bonds. The van der Waals surface area contributed by atoms with Gasteiger partial charge in [-0.15, -0.1) is 0 Å². The van der Waals surface area contributed by atoms with Crippen molar-refractivity contribution in [3.05, 3.63) is 0 Å². The molecule has 0 rings (SSSR count). The first-order valence-corrected chi connectivity index (χ1v) is 42.0. The number of hydrogen-bond acceptors (Lipinski definition) is 18. The molecule has 0 saturated carbocycles. The minimum Gasteiger partial charge on any atom is -0.384 e. The van der Waals surface area contributed by atoms with Gasteiger partial charge in [0.25, 0.3) is 0 Å². The largest absolute Gasteiger partial charge is 0.384 e. The molecule has 768 valence electrons. The Kier molecular flexibility index (Phi) is 141. The van der Waals surface area contributed by atoms with Crippen LogP contribution in [0.15, 0.2) is 44.9 Å². The van der Waals surface area contributed by atoms with E-state index < -0.39 is 50.4 Å². The predicted octanol–water partition coefficient (Wildman–Crippen LogP) is 20.8. The maximum Gasteiger partial charge on any atom is 0.104 e. The van der Waals surface area contributed by atoms with Gasteiger partial charge in [-0.2, -0.15) is 0 Å². The van der Waals surface area contributed by atoms with Crippen molar-refractivity contribution in [1.82, 2.24) is 0 Å². The molecule has 27 heteroatoms. The third kappa shape index (κ3) is 80.5. The Balaban J connectivity index is -0.0000000577. The van der Waals surface area contributed by atoms with Gasteiger partial charge in [0.05, 0.1) is 16.8 Å². The summed E-state index contributed by atoms with van der Waals surface area (Å²) < 4.78 is 0. The van der Waals surface area contributed by atoms with E-state index in [1.807, 2.05) is 201 Å². The number of aliphatic imine (C=N–C) groups is 9. The molecular weight excluding hydrogens is 2900 g/mol. The van der Waals surface area contributed by atoms with Gasteiger partial charge in [0.1, 0.15) is 33.6 Å². The summed E-state index contributed by atoms with van der Waals surface area (Å²) in [6, 6.07) is 0.806. The maximum absolute atomic E-state index is 10.4. The van der Waals surface area contributed by atoms with Gasteiger partial charge in [-0.1, -0.05) is 176 Å². The maximum atomic E-state index is 10.4. The first kappa shape index (κ1) is 169. The van der Waals surface area contributed by atoms with E-state index in [-0.39, 0.29) is 458 Å². The van der Waals surface area contributed by atoms with Crippen LogP contribution in [0.3, 0.4) is 0 Å². The zero-order valence-corrected chi connectivity index (χ0v) is 96.6. The average molecular weight is 3080 g/mol. The summed E-state index contributed by atoms with van der Waals surface area (Å²) in [5.74, 6) is 0.689. The third-order valence-electron chi connectivity index (χ3n) is 20.4. The fourth-order valence-electron chi connectivity index (χ4n) is 12.1. The van der Waals surface area contributed by atoms with Crippen LogP contribution in [0.4, 0.5) is 0 Å². The Morgan fingerprint density at radius 2 is 0.440 bits per heavy atom. The van der Waals surface area contributed by atoms with E-state index in [4.69, 9.17) is 0 Å². The Labute approximate surface area is 1070 Å². The monoisotopic (exact) mass is 3090 g/mol. The van der Waals surface area contributed by atoms with Gasteiger partial charge in [-0.25, -0.2) is 0 Å². The van der Waals surface area contributed by atoms with Crippen molar-refractivity contribution in [1.29, 1.82) is 0 Å². The van der Waals surface area contributed by atoms with E-state index in [9.17, 15) is 46.0 Å². The standard InChI is InChI=1S/C12H25NO.2C11H23NO.2C10H21NO.3C9H19NO.C8H17NO.9Yb/c1-6-8-12(14,9-7-2)11(5)13-10(3)4;1-7-11(13,8(2)3)10(6)12-9(4)5;1-5-8-11(13,9-6-2)10(4)12-7-3;1-6-10(12,8(3)4)9(5)11-7-2;1-5-7-10(12,8-6-2)9(3)11-4;1-6-9(11,7(2)3)8(4)10-5;1-6-9(5,11)8(4)10-7(2)3;1-5-7-9(4,11)8(3)10-6-2;1-5-6-8(3,10)7(2)9-4;;;;;;;;;/h10,14H,6-9H2,1-5H3;8-9,13H,7H2,1-6H3;13H,5-9H2,1-4H3;8,12H,6-7H2,1-5H3;12H,5-8H2,1-4H3;2*7,11H,6H2,1-5H3;11H,5-7H2,1-4H3;10H,5-6H2,1-4H3;;;;;;;;;. The Hall–Kier alpha value is 10.3. The Bertz CT molecular complexity index is 2500. The first-order valence-electron chi connectivity index (χ1n) is 42.0. The summed E-state index contributed by atoms with van der Waals surface area (Å²) in [6.45, 7) is 79.7. The topological polar surface area (TPSA) is 293 Å². The van der Waals surface area contributed by atoms with Crippen LogP contribution in [0.1, 0.15) is 398 Å². The van der Waals surface area contributed by atoms with Crippen LogP contribution in [0, 0.1) is 440 Å². The normalized spacial score (nSPS) is 15.3. The average Bonchev–Trinajstić information content (AvgIpc) is 0.743. The van der Waals surface area contributed by atoms with Crippen molar-refractivity contribution < 1.29 is 468 Å². The smallest absolute Gasteiger partial charge is 0.104 e. The summed E-state index contributed by atoms with van der Waals surface area (Å²) in [5, 5.41) is 90.5. The SMILES string of the molecule is CCC(C)(O)C(C)=NC(C)C.CCC(O)(C(C)=NC(C)C)C(C)C.CCC(O)(C(C)=NC)C(C)C.CCCC(C)(O)C(C)=NC.CCCC(C)(O)C(C)=NCC.CCCC(O)(CCC)C(C)=NC.CCCC(O)(CCC)C(C)=NC(C)C.CCCC(O)(CCC)C(C)=NCC.CCN=C(C)C(O)(CC)C(C)C.[Yb].[Yb].[Yb].[Yb].[Yb].[Yb].[Yb].[Yb].[Yb]. The summed E-state index contributed by atoms with van der Waals surface area (Å²) in [5.41, 5.74) is 1.56. The summed E-state index contributed by atoms with van der Waals surface area (Å²) in [7, 11) is 5.17. The van der Waals surface area contributed by atoms with Crippen LogP contribution < -0.4 is 0 Å². The van der Waals surface area contributed by atoms with Crippen LogP contribution in [-0.4, -0.2) is 207 Å². The van der Waals surface area contributed by atoms with Crippen molar-refractivity contribution in [3.63, 3.8) is 0 Å². The fourth-order valence-corrected chi connectivity index (χ4v) is 12.1. The number of aliphatic hydroxyl groups is 9. The summed E-state index contributed by atoms with van der Waals surface area (Å²) in [4.78, 5) is 37.9. The predicted molar refractivity (Wildman–Crippen MR) is 479 cm³/mol. The quantitative estimate of drug-likeness (QED) is 0.0265. The second-order valence-electron chi connectivity index (χ2n) is 31.6. The molecule has 6 unspecified atom stereocenters.